The molecule has 0 atom stereocenters. The fraction of sp³-hybridized carbons (Fsp3) is 0.667. The summed E-state index contributed by atoms with van der Waals surface area (Å²) >= 11 is 0. The van der Waals surface area contributed by atoms with Crippen molar-refractivity contribution >= 4 is 0 Å². The average molecular weight is 282 g/mol. The maximum absolute atomic E-state index is 5.77. The summed E-state index contributed by atoms with van der Waals surface area (Å²) in [5, 5.41) is 0. The van der Waals surface area contributed by atoms with Gasteiger partial charge in [-0.3, -0.25) is 0 Å². The molecule has 0 unspecified atom stereocenters. The molecule has 0 aliphatic rings. The van der Waals surface area contributed by atoms with E-state index in [1.54, 1.807) is 7.11 Å². The Balaban J connectivity index is 0. The fourth-order valence-electron chi connectivity index (χ4n) is 1.18. The van der Waals surface area contributed by atoms with E-state index < -0.39 is 0 Å². The van der Waals surface area contributed by atoms with Gasteiger partial charge in [0.05, 0.1) is 0 Å². The second-order valence-electron chi connectivity index (χ2n) is 5.79. The lowest BCUT2D eigenvalue weighted by Crippen LogP contribution is -2.20. The fourth-order valence-corrected chi connectivity index (χ4v) is 1.18. The van der Waals surface area contributed by atoms with Crippen molar-refractivity contribution in [1.29, 1.82) is 0 Å². The molecular formula is C18H34O2. The number of ether oxygens (including phenoxy) is 2. The highest BCUT2D eigenvalue weighted by atomic mass is 16.5. The Morgan fingerprint density at radius 1 is 1.10 bits per heavy atom. The number of unbranched alkanes of at least 4 members (excludes halogenated alkanes) is 1. The Morgan fingerprint density at radius 2 is 1.65 bits per heavy atom. The summed E-state index contributed by atoms with van der Waals surface area (Å²) in [7, 11) is 1.67. The van der Waals surface area contributed by atoms with Crippen LogP contribution < -0.4 is 0 Å². The van der Waals surface area contributed by atoms with E-state index in [9.17, 15) is 0 Å². The van der Waals surface area contributed by atoms with Gasteiger partial charge in [0.1, 0.15) is 18.0 Å². The van der Waals surface area contributed by atoms with E-state index in [4.69, 9.17) is 9.47 Å². The molecule has 0 radical (unpaired) electrons. The Labute approximate surface area is 126 Å². The van der Waals surface area contributed by atoms with Crippen molar-refractivity contribution in [2.24, 2.45) is 0 Å². The molecule has 0 aromatic carbocycles. The van der Waals surface area contributed by atoms with Gasteiger partial charge in [-0.1, -0.05) is 44.4 Å². The first-order valence-corrected chi connectivity index (χ1v) is 7.45. The van der Waals surface area contributed by atoms with Crippen LogP contribution in [0.3, 0.4) is 0 Å². The second kappa shape index (κ2) is 13.0. The van der Waals surface area contributed by atoms with E-state index >= 15 is 0 Å². The first-order valence-electron chi connectivity index (χ1n) is 7.45. The molecule has 2 nitrogen and oxygen atoms in total. The van der Waals surface area contributed by atoms with Crippen molar-refractivity contribution in [2.45, 2.75) is 66.4 Å². The van der Waals surface area contributed by atoms with E-state index in [1.807, 2.05) is 39.0 Å². The number of allylic oxidation sites excluding steroid dienone is 4. The predicted octanol–water partition coefficient (Wildman–Crippen LogP) is 5.66. The Bertz CT molecular complexity index is 291. The molecular weight excluding hydrogens is 248 g/mol. The standard InChI is InChI=1S/C14H24O2.C4H10/c1-7-8-12(2)9-10-13(11-15-6)16-14(3,4)5;1-3-4-2/h7,9-10H,1,8,11H2,2-6H3;3-4H2,1-2H3/b12-9-,13-10+;. The van der Waals surface area contributed by atoms with Gasteiger partial charge in [0.25, 0.3) is 0 Å². The molecule has 0 saturated heterocycles. The molecule has 0 aromatic heterocycles. The predicted molar refractivity (Wildman–Crippen MR) is 90.0 cm³/mol. The monoisotopic (exact) mass is 282 g/mol. The van der Waals surface area contributed by atoms with Gasteiger partial charge in [0.15, 0.2) is 0 Å². The summed E-state index contributed by atoms with van der Waals surface area (Å²) in [6.45, 7) is 16.7. The number of hydrogen-bond acceptors (Lipinski definition) is 2. The molecule has 0 N–H and O–H groups in total. The molecule has 118 valence electrons. The molecule has 0 amide bonds. The highest BCUT2D eigenvalue weighted by molar-refractivity contribution is 5.15. The maximum Gasteiger partial charge on any atom is 0.122 e. The van der Waals surface area contributed by atoms with Crippen molar-refractivity contribution in [1.82, 2.24) is 0 Å². The Morgan fingerprint density at radius 3 is 2.00 bits per heavy atom. The first-order chi connectivity index (χ1) is 9.30. The van der Waals surface area contributed by atoms with E-state index in [-0.39, 0.29) is 5.60 Å². The minimum absolute atomic E-state index is 0.190. The van der Waals surface area contributed by atoms with Crippen LogP contribution in [-0.2, 0) is 9.47 Å². The molecule has 0 aliphatic carbocycles. The lowest BCUT2D eigenvalue weighted by molar-refractivity contribution is 0.0260. The van der Waals surface area contributed by atoms with Gasteiger partial charge in [0.2, 0.25) is 0 Å². The summed E-state index contributed by atoms with van der Waals surface area (Å²) < 4.78 is 10.9. The van der Waals surface area contributed by atoms with Crippen LogP contribution in [-0.4, -0.2) is 19.3 Å². The van der Waals surface area contributed by atoms with Crippen LogP contribution >= 0.6 is 0 Å². The first kappa shape index (κ1) is 21.3. The second-order valence-corrected chi connectivity index (χ2v) is 5.79. The summed E-state index contributed by atoms with van der Waals surface area (Å²) in [5.74, 6) is 0.846. The highest BCUT2D eigenvalue weighted by Crippen LogP contribution is 2.14. The third-order valence-electron chi connectivity index (χ3n) is 2.24. The van der Waals surface area contributed by atoms with Crippen LogP contribution in [0.15, 0.2) is 36.1 Å². The molecule has 0 saturated carbocycles. The van der Waals surface area contributed by atoms with E-state index in [0.717, 1.165) is 12.2 Å². The zero-order valence-electron chi connectivity index (χ0n) is 14.6. The Kier molecular flexibility index (Phi) is 13.8. The third kappa shape index (κ3) is 17.0. The number of rotatable bonds is 7. The van der Waals surface area contributed by atoms with Gasteiger partial charge in [0, 0.05) is 7.11 Å². The molecule has 0 heterocycles. The highest BCUT2D eigenvalue weighted by Gasteiger charge is 2.12. The van der Waals surface area contributed by atoms with Crippen molar-refractivity contribution in [3.63, 3.8) is 0 Å². The zero-order chi connectivity index (χ0) is 16.0. The minimum atomic E-state index is -0.190. The van der Waals surface area contributed by atoms with Gasteiger partial charge < -0.3 is 9.47 Å². The molecule has 0 spiro atoms. The lowest BCUT2D eigenvalue weighted by Gasteiger charge is -2.23. The zero-order valence-corrected chi connectivity index (χ0v) is 14.6. The van der Waals surface area contributed by atoms with Crippen LogP contribution in [0.4, 0.5) is 0 Å². The molecule has 0 rings (SSSR count). The van der Waals surface area contributed by atoms with Gasteiger partial charge in [-0.05, 0) is 40.2 Å². The number of hydrogen-bond donors (Lipinski definition) is 0. The van der Waals surface area contributed by atoms with Gasteiger partial charge in [-0.15, -0.1) is 6.58 Å². The third-order valence-corrected chi connectivity index (χ3v) is 2.24. The van der Waals surface area contributed by atoms with Crippen molar-refractivity contribution in [2.75, 3.05) is 13.7 Å². The average Bonchev–Trinajstić information content (AvgIpc) is 2.35. The molecule has 0 fully saturated rings. The van der Waals surface area contributed by atoms with Crippen molar-refractivity contribution < 1.29 is 9.47 Å². The van der Waals surface area contributed by atoms with E-state index in [1.165, 1.54) is 18.4 Å². The lowest BCUT2D eigenvalue weighted by atomic mass is 10.2. The van der Waals surface area contributed by atoms with E-state index in [2.05, 4.69) is 27.4 Å². The van der Waals surface area contributed by atoms with Crippen LogP contribution in [0, 0.1) is 0 Å². The van der Waals surface area contributed by atoms with Gasteiger partial charge in [-0.2, -0.15) is 0 Å². The van der Waals surface area contributed by atoms with Crippen LogP contribution in [0.25, 0.3) is 0 Å². The molecule has 0 bridgehead atoms. The smallest absolute Gasteiger partial charge is 0.122 e. The van der Waals surface area contributed by atoms with Gasteiger partial charge in [-0.25, -0.2) is 0 Å². The number of methoxy groups -OCH3 is 1. The Hall–Kier alpha value is -1.02. The molecule has 0 aliphatic heterocycles. The van der Waals surface area contributed by atoms with Crippen molar-refractivity contribution in [3.05, 3.63) is 36.1 Å². The molecule has 0 aromatic rings. The van der Waals surface area contributed by atoms with Crippen LogP contribution in [0.1, 0.15) is 60.8 Å². The van der Waals surface area contributed by atoms with E-state index in [0.29, 0.717) is 6.61 Å². The maximum atomic E-state index is 5.77. The van der Waals surface area contributed by atoms with Crippen molar-refractivity contribution in [3.8, 4) is 0 Å². The summed E-state index contributed by atoms with van der Waals surface area (Å²) in [4.78, 5) is 0. The minimum Gasteiger partial charge on any atom is -0.490 e. The van der Waals surface area contributed by atoms with Crippen LogP contribution in [0.5, 0.6) is 0 Å². The van der Waals surface area contributed by atoms with Gasteiger partial charge >= 0.3 is 0 Å². The quantitative estimate of drug-likeness (QED) is 0.341. The molecule has 2 heteroatoms. The van der Waals surface area contributed by atoms with Crippen LogP contribution in [0.2, 0.25) is 0 Å². The largest absolute Gasteiger partial charge is 0.490 e. The SMILES string of the molecule is C=CC/C(C)=C\C=C(/COC)OC(C)(C)C.CCCC. The molecule has 20 heavy (non-hydrogen) atoms. The normalized spacial score (nSPS) is 12.6. The summed E-state index contributed by atoms with van der Waals surface area (Å²) in [5.41, 5.74) is 1.06. The topological polar surface area (TPSA) is 18.5 Å². The summed E-state index contributed by atoms with van der Waals surface area (Å²) in [6.07, 6.45) is 9.43. The summed E-state index contributed by atoms with van der Waals surface area (Å²) in [6, 6.07) is 0.